The summed E-state index contributed by atoms with van der Waals surface area (Å²) in [6.07, 6.45) is 1.43. The van der Waals surface area contributed by atoms with E-state index in [1.165, 1.54) is 12.4 Å². The molecule has 0 amide bonds. The summed E-state index contributed by atoms with van der Waals surface area (Å²) in [4.78, 5) is 15.8. The quantitative estimate of drug-likeness (QED) is 0.783. The van der Waals surface area contributed by atoms with Crippen LogP contribution in [0.3, 0.4) is 0 Å². The van der Waals surface area contributed by atoms with Crippen molar-refractivity contribution in [3.05, 3.63) is 34.5 Å². The van der Waals surface area contributed by atoms with E-state index in [0.717, 1.165) is 0 Å². The fourth-order valence-electron chi connectivity index (χ4n) is 1.90. The number of pyridine rings is 1. The molecule has 2 aromatic rings. The first-order chi connectivity index (χ1) is 9.61. The predicted molar refractivity (Wildman–Crippen MR) is 72.6 cm³/mol. The largest absolute Gasteiger partial charge is 0.508 e. The Morgan fingerprint density at radius 1 is 1.45 bits per heavy atom. The van der Waals surface area contributed by atoms with Crippen LogP contribution in [0.1, 0.15) is 5.69 Å². The number of hydrogen-bond acceptors (Lipinski definition) is 6. The fraction of sp³-hybridized carbons (Fsp3) is 0.417. The maximum absolute atomic E-state index is 11.7. The van der Waals surface area contributed by atoms with Gasteiger partial charge in [0.05, 0.1) is 0 Å². The van der Waals surface area contributed by atoms with Crippen LogP contribution in [-0.4, -0.2) is 38.1 Å². The SMILES string of the molecule is COCn1ncnc1NCCn1c(C)cc(O)cc1=O. The first-order valence-electron chi connectivity index (χ1n) is 6.13. The second-order valence-electron chi connectivity index (χ2n) is 4.27. The third kappa shape index (κ3) is 3.15. The maximum Gasteiger partial charge on any atom is 0.254 e. The van der Waals surface area contributed by atoms with Crippen molar-refractivity contribution in [1.82, 2.24) is 19.3 Å². The van der Waals surface area contributed by atoms with Gasteiger partial charge in [-0.15, -0.1) is 0 Å². The average molecular weight is 279 g/mol. The van der Waals surface area contributed by atoms with E-state index < -0.39 is 0 Å². The molecule has 0 aliphatic carbocycles. The summed E-state index contributed by atoms with van der Waals surface area (Å²) in [6, 6.07) is 2.75. The van der Waals surface area contributed by atoms with E-state index >= 15 is 0 Å². The molecule has 0 fully saturated rings. The number of rotatable bonds is 6. The molecule has 2 aromatic heterocycles. The van der Waals surface area contributed by atoms with Gasteiger partial charge in [0.25, 0.3) is 5.56 Å². The minimum atomic E-state index is -0.234. The molecule has 0 saturated heterocycles. The molecule has 108 valence electrons. The lowest BCUT2D eigenvalue weighted by Crippen LogP contribution is -2.25. The Bertz CT molecular complexity index is 634. The monoisotopic (exact) mass is 279 g/mol. The standard InChI is InChI=1S/C12H17N5O3/c1-9-5-10(18)6-11(19)16(9)4-3-13-12-14-7-15-17(12)8-20-2/h5-7,18H,3-4,8H2,1-2H3,(H,13,14,15). The number of aryl methyl sites for hydroxylation is 1. The number of ether oxygens (including phenoxy) is 1. The molecule has 0 bridgehead atoms. The molecule has 0 spiro atoms. The molecule has 20 heavy (non-hydrogen) atoms. The van der Waals surface area contributed by atoms with Crippen molar-refractivity contribution >= 4 is 5.95 Å². The molecule has 0 unspecified atom stereocenters. The van der Waals surface area contributed by atoms with E-state index in [9.17, 15) is 9.90 Å². The molecule has 0 aliphatic rings. The number of hydrogen-bond donors (Lipinski definition) is 2. The van der Waals surface area contributed by atoms with Crippen LogP contribution in [0.25, 0.3) is 0 Å². The zero-order valence-electron chi connectivity index (χ0n) is 11.4. The van der Waals surface area contributed by atoms with Crippen molar-refractivity contribution in [2.75, 3.05) is 19.0 Å². The van der Waals surface area contributed by atoms with E-state index in [2.05, 4.69) is 15.4 Å². The number of aromatic nitrogens is 4. The summed E-state index contributed by atoms with van der Waals surface area (Å²) in [5.41, 5.74) is 0.470. The number of aromatic hydroxyl groups is 1. The number of nitrogens with zero attached hydrogens (tertiary/aromatic N) is 4. The van der Waals surface area contributed by atoms with E-state index in [1.54, 1.807) is 29.3 Å². The van der Waals surface area contributed by atoms with Gasteiger partial charge in [0.2, 0.25) is 5.95 Å². The Balaban J connectivity index is 2.00. The Morgan fingerprint density at radius 2 is 2.25 bits per heavy atom. The normalized spacial score (nSPS) is 10.7. The van der Waals surface area contributed by atoms with E-state index in [-0.39, 0.29) is 11.3 Å². The second kappa shape index (κ2) is 6.20. The molecule has 8 heteroatoms. The summed E-state index contributed by atoms with van der Waals surface area (Å²) in [6.45, 7) is 3.05. The molecule has 2 heterocycles. The molecular weight excluding hydrogens is 262 g/mol. The summed E-state index contributed by atoms with van der Waals surface area (Å²) in [5.74, 6) is 0.563. The third-order valence-corrected chi connectivity index (χ3v) is 2.81. The smallest absolute Gasteiger partial charge is 0.254 e. The topological polar surface area (TPSA) is 94.2 Å². The summed E-state index contributed by atoms with van der Waals surface area (Å²) in [5, 5.41) is 16.4. The Kier molecular flexibility index (Phi) is 4.36. The van der Waals surface area contributed by atoms with Gasteiger partial charge in [-0.25, -0.2) is 4.68 Å². The summed E-state index contributed by atoms with van der Waals surface area (Å²) < 4.78 is 8.13. The van der Waals surface area contributed by atoms with Crippen LogP contribution in [-0.2, 0) is 18.0 Å². The zero-order chi connectivity index (χ0) is 14.5. The van der Waals surface area contributed by atoms with Gasteiger partial charge in [-0.3, -0.25) is 4.79 Å². The number of methoxy groups -OCH3 is 1. The van der Waals surface area contributed by atoms with Crippen LogP contribution in [0.4, 0.5) is 5.95 Å². The van der Waals surface area contributed by atoms with Gasteiger partial charge in [-0.05, 0) is 13.0 Å². The molecule has 8 nitrogen and oxygen atoms in total. The Labute approximate surface area is 115 Å². The van der Waals surface area contributed by atoms with Gasteiger partial charge >= 0.3 is 0 Å². The fourth-order valence-corrected chi connectivity index (χ4v) is 1.90. The summed E-state index contributed by atoms with van der Waals surface area (Å²) in [7, 11) is 1.57. The molecule has 2 rings (SSSR count). The lowest BCUT2D eigenvalue weighted by molar-refractivity contribution is 0.122. The number of anilines is 1. The lowest BCUT2D eigenvalue weighted by Gasteiger charge is -2.11. The Morgan fingerprint density at radius 3 is 2.95 bits per heavy atom. The van der Waals surface area contributed by atoms with Crippen LogP contribution >= 0.6 is 0 Å². The summed E-state index contributed by atoms with van der Waals surface area (Å²) >= 11 is 0. The van der Waals surface area contributed by atoms with Crippen molar-refractivity contribution in [2.24, 2.45) is 0 Å². The molecule has 0 saturated carbocycles. The second-order valence-corrected chi connectivity index (χ2v) is 4.27. The van der Waals surface area contributed by atoms with Crippen LogP contribution in [0.2, 0.25) is 0 Å². The molecular formula is C12H17N5O3. The molecule has 2 N–H and O–H groups in total. The first-order valence-corrected chi connectivity index (χ1v) is 6.13. The molecule has 0 aromatic carbocycles. The molecule has 0 aliphatic heterocycles. The third-order valence-electron chi connectivity index (χ3n) is 2.81. The van der Waals surface area contributed by atoms with Gasteiger partial charge in [0, 0.05) is 32.0 Å². The van der Waals surface area contributed by atoms with Crippen LogP contribution < -0.4 is 10.9 Å². The van der Waals surface area contributed by atoms with Crippen LogP contribution in [0, 0.1) is 6.92 Å². The zero-order valence-corrected chi connectivity index (χ0v) is 11.4. The van der Waals surface area contributed by atoms with Gasteiger partial charge in [-0.2, -0.15) is 10.1 Å². The van der Waals surface area contributed by atoms with Crippen molar-refractivity contribution in [1.29, 1.82) is 0 Å². The van der Waals surface area contributed by atoms with E-state index in [1.807, 2.05) is 0 Å². The van der Waals surface area contributed by atoms with Crippen LogP contribution in [0.5, 0.6) is 5.75 Å². The minimum absolute atomic E-state index is 0.0171. The van der Waals surface area contributed by atoms with E-state index in [4.69, 9.17) is 4.74 Å². The average Bonchev–Trinajstić information content (AvgIpc) is 2.80. The minimum Gasteiger partial charge on any atom is -0.508 e. The van der Waals surface area contributed by atoms with Gasteiger partial charge in [0.1, 0.15) is 18.8 Å². The highest BCUT2D eigenvalue weighted by Crippen LogP contribution is 2.07. The maximum atomic E-state index is 11.7. The molecule has 0 atom stereocenters. The highest BCUT2D eigenvalue weighted by Gasteiger charge is 2.05. The highest BCUT2D eigenvalue weighted by molar-refractivity contribution is 5.23. The lowest BCUT2D eigenvalue weighted by atomic mass is 10.3. The highest BCUT2D eigenvalue weighted by atomic mass is 16.5. The van der Waals surface area contributed by atoms with Gasteiger partial charge < -0.3 is 19.7 Å². The van der Waals surface area contributed by atoms with Gasteiger partial charge in [0.15, 0.2) is 0 Å². The van der Waals surface area contributed by atoms with Crippen molar-refractivity contribution in [3.63, 3.8) is 0 Å². The number of nitrogens with one attached hydrogen (secondary N) is 1. The van der Waals surface area contributed by atoms with Crippen LogP contribution in [0.15, 0.2) is 23.3 Å². The Hall–Kier alpha value is -2.35. The van der Waals surface area contributed by atoms with Crippen molar-refractivity contribution in [2.45, 2.75) is 20.2 Å². The van der Waals surface area contributed by atoms with E-state index in [0.29, 0.717) is 31.5 Å². The van der Waals surface area contributed by atoms with Crippen molar-refractivity contribution < 1.29 is 9.84 Å². The predicted octanol–water partition coefficient (Wildman–Crippen LogP) is 0.170. The first kappa shape index (κ1) is 14.1. The molecule has 0 radical (unpaired) electrons. The van der Waals surface area contributed by atoms with Crippen molar-refractivity contribution in [3.8, 4) is 5.75 Å². The van der Waals surface area contributed by atoms with Gasteiger partial charge in [-0.1, -0.05) is 0 Å².